The van der Waals surface area contributed by atoms with Crippen LogP contribution in [0.25, 0.3) is 0 Å². The number of hydrazone groups is 1. The molecule has 22 heavy (non-hydrogen) atoms. The Morgan fingerprint density at radius 3 is 2.41 bits per heavy atom. The highest BCUT2D eigenvalue weighted by atomic mass is 16.6. The Kier molecular flexibility index (Phi) is 2.56. The van der Waals surface area contributed by atoms with Crippen LogP contribution < -0.4 is 0 Å². The minimum atomic E-state index is -0.669. The van der Waals surface area contributed by atoms with Crippen LogP contribution in [0.3, 0.4) is 0 Å². The molecule has 2 heterocycles. The topological polar surface area (TPSA) is 106 Å². The van der Waals surface area contributed by atoms with Crippen molar-refractivity contribution in [2.75, 3.05) is 0 Å². The highest BCUT2D eigenvalue weighted by Gasteiger charge is 2.59. The number of hydrogen-bond donors (Lipinski definition) is 0. The fourth-order valence-corrected chi connectivity index (χ4v) is 3.62. The monoisotopic (exact) mass is 301 g/mol. The van der Waals surface area contributed by atoms with Crippen LogP contribution in [0.15, 0.2) is 33.8 Å². The molecule has 1 aromatic heterocycles. The van der Waals surface area contributed by atoms with E-state index in [1.165, 1.54) is 12.1 Å². The number of imide groups is 1. The highest BCUT2D eigenvalue weighted by Crippen LogP contribution is 2.52. The van der Waals surface area contributed by atoms with Crippen LogP contribution in [0.2, 0.25) is 0 Å². The number of allylic oxidation sites excluding steroid dienone is 2. The van der Waals surface area contributed by atoms with E-state index in [4.69, 9.17) is 4.42 Å². The molecule has 2 aliphatic carbocycles. The van der Waals surface area contributed by atoms with Gasteiger partial charge in [-0.1, -0.05) is 12.2 Å². The third-order valence-corrected chi connectivity index (χ3v) is 4.54. The highest BCUT2D eigenvalue weighted by molar-refractivity contribution is 6.06. The van der Waals surface area contributed by atoms with Crippen molar-refractivity contribution in [3.8, 4) is 0 Å². The van der Waals surface area contributed by atoms with Gasteiger partial charge >= 0.3 is 5.88 Å². The summed E-state index contributed by atoms with van der Waals surface area (Å²) in [6, 6.07) is 2.55. The van der Waals surface area contributed by atoms with Crippen molar-refractivity contribution in [2.24, 2.45) is 28.8 Å². The molecule has 2 bridgehead atoms. The number of nitrogens with zero attached hydrogens (tertiary/aromatic N) is 3. The Bertz CT molecular complexity index is 719. The number of nitro groups is 1. The minimum Gasteiger partial charge on any atom is -0.400 e. The van der Waals surface area contributed by atoms with Gasteiger partial charge < -0.3 is 4.42 Å². The first-order valence-electron chi connectivity index (χ1n) is 6.90. The summed E-state index contributed by atoms with van der Waals surface area (Å²) < 4.78 is 4.91. The zero-order valence-corrected chi connectivity index (χ0v) is 11.3. The first kappa shape index (κ1) is 12.9. The minimum absolute atomic E-state index is 0.116. The second kappa shape index (κ2) is 4.36. The number of furan rings is 1. The predicted octanol–water partition coefficient (Wildman–Crippen LogP) is 1.33. The maximum atomic E-state index is 12.3. The standard InChI is InChI=1S/C14H11N3O5/c18-13-11-7-1-2-8(5-7)12(11)14(19)16(13)15-6-9-3-4-10(22-9)17(20)21/h1-4,6-8,11-12H,5H2/b15-6-/t7-,8-,11+,12+/m0/s1. The first-order valence-corrected chi connectivity index (χ1v) is 6.90. The van der Waals surface area contributed by atoms with E-state index < -0.39 is 10.8 Å². The Balaban J connectivity index is 1.56. The molecule has 0 aromatic carbocycles. The van der Waals surface area contributed by atoms with E-state index in [1.807, 2.05) is 12.2 Å². The van der Waals surface area contributed by atoms with Crippen molar-refractivity contribution in [3.63, 3.8) is 0 Å². The summed E-state index contributed by atoms with van der Waals surface area (Å²) in [4.78, 5) is 34.5. The zero-order chi connectivity index (χ0) is 15.4. The van der Waals surface area contributed by atoms with Gasteiger partial charge in [0.05, 0.1) is 24.1 Å². The molecule has 0 spiro atoms. The van der Waals surface area contributed by atoms with E-state index in [1.54, 1.807) is 0 Å². The van der Waals surface area contributed by atoms with E-state index in [0.717, 1.165) is 17.6 Å². The molecule has 1 saturated carbocycles. The normalized spacial score (nSPS) is 32.5. The Morgan fingerprint density at radius 2 is 1.86 bits per heavy atom. The van der Waals surface area contributed by atoms with E-state index >= 15 is 0 Å². The quantitative estimate of drug-likeness (QED) is 0.275. The number of carbonyl (C=O) groups excluding carboxylic acids is 2. The second-order valence-electron chi connectivity index (χ2n) is 5.67. The Labute approximate surface area is 124 Å². The van der Waals surface area contributed by atoms with Gasteiger partial charge in [0.25, 0.3) is 11.8 Å². The molecule has 0 radical (unpaired) electrons. The lowest BCUT2D eigenvalue weighted by Gasteiger charge is -2.13. The Morgan fingerprint density at radius 1 is 1.23 bits per heavy atom. The molecular weight excluding hydrogens is 290 g/mol. The maximum Gasteiger partial charge on any atom is 0.433 e. The molecule has 3 aliphatic rings. The fourth-order valence-electron chi connectivity index (χ4n) is 3.62. The lowest BCUT2D eigenvalue weighted by Crippen LogP contribution is -2.28. The molecule has 1 aliphatic heterocycles. The van der Waals surface area contributed by atoms with E-state index in [9.17, 15) is 19.7 Å². The number of hydrogen-bond acceptors (Lipinski definition) is 6. The summed E-state index contributed by atoms with van der Waals surface area (Å²) in [5.41, 5.74) is 0. The van der Waals surface area contributed by atoms with Gasteiger partial charge in [0.15, 0.2) is 5.76 Å². The van der Waals surface area contributed by atoms with Crippen molar-refractivity contribution >= 4 is 23.9 Å². The van der Waals surface area contributed by atoms with Crippen LogP contribution >= 0.6 is 0 Å². The van der Waals surface area contributed by atoms with E-state index in [-0.39, 0.29) is 41.2 Å². The van der Waals surface area contributed by atoms with Crippen molar-refractivity contribution < 1.29 is 18.9 Å². The molecule has 1 saturated heterocycles. The maximum absolute atomic E-state index is 12.3. The number of amides is 2. The van der Waals surface area contributed by atoms with Crippen molar-refractivity contribution in [1.29, 1.82) is 0 Å². The van der Waals surface area contributed by atoms with Gasteiger partial charge in [-0.3, -0.25) is 19.7 Å². The average Bonchev–Trinajstić information content (AvgIpc) is 3.23. The SMILES string of the molecule is O=C1[C@H]2[C@H](C(=O)N1/N=C\c1ccc([N+](=O)[O-])o1)[C@H]1C=C[C@H]2C1. The van der Waals surface area contributed by atoms with Crippen LogP contribution in [0.5, 0.6) is 0 Å². The van der Waals surface area contributed by atoms with Crippen LogP contribution in [-0.2, 0) is 9.59 Å². The van der Waals surface area contributed by atoms with Gasteiger partial charge in [-0.05, 0) is 24.3 Å². The molecule has 2 amide bonds. The van der Waals surface area contributed by atoms with Gasteiger partial charge in [0, 0.05) is 0 Å². The molecule has 8 heteroatoms. The van der Waals surface area contributed by atoms with Gasteiger partial charge in [-0.2, -0.15) is 10.1 Å². The van der Waals surface area contributed by atoms with Gasteiger partial charge in [-0.15, -0.1) is 0 Å². The third-order valence-electron chi connectivity index (χ3n) is 4.54. The van der Waals surface area contributed by atoms with Crippen LogP contribution in [0, 0.1) is 33.8 Å². The number of fused-ring (bicyclic) bond motifs is 5. The molecule has 0 unspecified atom stereocenters. The van der Waals surface area contributed by atoms with Gasteiger partial charge in [-0.25, -0.2) is 0 Å². The Hall–Kier alpha value is -2.77. The molecule has 4 atom stereocenters. The summed E-state index contributed by atoms with van der Waals surface area (Å²) in [6.07, 6.45) is 6.01. The molecule has 112 valence electrons. The lowest BCUT2D eigenvalue weighted by molar-refractivity contribution is -0.402. The molecule has 4 rings (SSSR count). The second-order valence-corrected chi connectivity index (χ2v) is 5.67. The average molecular weight is 301 g/mol. The molecule has 8 nitrogen and oxygen atoms in total. The number of carbonyl (C=O) groups is 2. The van der Waals surface area contributed by atoms with E-state index in [0.29, 0.717) is 0 Å². The summed E-state index contributed by atoms with van der Waals surface area (Å²) in [6.45, 7) is 0. The summed E-state index contributed by atoms with van der Waals surface area (Å²) in [7, 11) is 0. The largest absolute Gasteiger partial charge is 0.433 e. The van der Waals surface area contributed by atoms with Crippen LogP contribution in [0.4, 0.5) is 5.88 Å². The molecule has 1 aromatic rings. The third kappa shape index (κ3) is 1.66. The molecule has 0 N–H and O–H groups in total. The van der Waals surface area contributed by atoms with Crippen LogP contribution in [0.1, 0.15) is 12.2 Å². The fraction of sp³-hybridized carbons (Fsp3) is 0.357. The van der Waals surface area contributed by atoms with Gasteiger partial charge in [0.1, 0.15) is 4.92 Å². The molecule has 2 fully saturated rings. The smallest absolute Gasteiger partial charge is 0.400 e. The van der Waals surface area contributed by atoms with Crippen molar-refractivity contribution in [2.45, 2.75) is 6.42 Å². The summed E-state index contributed by atoms with van der Waals surface area (Å²) >= 11 is 0. The summed E-state index contributed by atoms with van der Waals surface area (Å²) in [5.74, 6) is -1.29. The number of rotatable bonds is 3. The predicted molar refractivity (Wildman–Crippen MR) is 72.5 cm³/mol. The first-order chi connectivity index (χ1) is 10.6. The summed E-state index contributed by atoms with van der Waals surface area (Å²) in [5, 5.41) is 15.3. The van der Waals surface area contributed by atoms with Crippen molar-refractivity contribution in [1.82, 2.24) is 5.01 Å². The molecular formula is C14H11N3O5. The van der Waals surface area contributed by atoms with Crippen molar-refractivity contribution in [3.05, 3.63) is 40.2 Å². The van der Waals surface area contributed by atoms with E-state index in [2.05, 4.69) is 5.10 Å². The lowest BCUT2D eigenvalue weighted by atomic mass is 9.85. The zero-order valence-electron chi connectivity index (χ0n) is 11.3. The van der Waals surface area contributed by atoms with Crippen LogP contribution in [-0.4, -0.2) is 28.0 Å². The van der Waals surface area contributed by atoms with Gasteiger partial charge in [0.2, 0.25) is 0 Å².